The molecule has 0 bridgehead atoms. The summed E-state index contributed by atoms with van der Waals surface area (Å²) in [6, 6.07) is 0.213. The highest BCUT2D eigenvalue weighted by Crippen LogP contribution is 2.40. The fourth-order valence-corrected chi connectivity index (χ4v) is 5.30. The van der Waals surface area contributed by atoms with Gasteiger partial charge in [0.25, 0.3) is 0 Å². The Kier molecular flexibility index (Phi) is 7.71. The summed E-state index contributed by atoms with van der Waals surface area (Å²) >= 11 is 0. The molecule has 1 saturated heterocycles. The fourth-order valence-electron chi connectivity index (χ4n) is 4.71. The minimum atomic E-state index is -4.28. The van der Waals surface area contributed by atoms with Gasteiger partial charge >= 0.3 is 7.60 Å². The lowest BCUT2D eigenvalue weighted by atomic mass is 9.81. The van der Waals surface area contributed by atoms with E-state index < -0.39 is 44.3 Å². The van der Waals surface area contributed by atoms with E-state index >= 15 is 0 Å². The van der Waals surface area contributed by atoms with Gasteiger partial charge in [-0.25, -0.2) is 4.68 Å². The molecule has 1 aliphatic carbocycles. The molecule has 2 fully saturated rings. The molecule has 1 aromatic rings. The Morgan fingerprint density at radius 3 is 2.60 bits per heavy atom. The van der Waals surface area contributed by atoms with Crippen LogP contribution in [0.5, 0.6) is 0 Å². The average molecular weight is 447 g/mol. The van der Waals surface area contributed by atoms with E-state index in [-0.39, 0.29) is 12.5 Å². The molecule has 1 aromatic heterocycles. The van der Waals surface area contributed by atoms with Crippen molar-refractivity contribution in [1.82, 2.24) is 15.0 Å². The van der Waals surface area contributed by atoms with Gasteiger partial charge in [0.1, 0.15) is 30.1 Å². The van der Waals surface area contributed by atoms with Crippen molar-refractivity contribution in [3.8, 4) is 0 Å². The van der Waals surface area contributed by atoms with Crippen molar-refractivity contribution < 1.29 is 34.4 Å². The van der Waals surface area contributed by atoms with E-state index in [4.69, 9.17) is 14.5 Å². The highest BCUT2D eigenvalue weighted by atomic mass is 31.2. The van der Waals surface area contributed by atoms with Gasteiger partial charge in [-0.2, -0.15) is 0 Å². The van der Waals surface area contributed by atoms with Crippen LogP contribution >= 0.6 is 7.60 Å². The summed E-state index contributed by atoms with van der Waals surface area (Å²) in [4.78, 5) is 18.2. The Morgan fingerprint density at radius 1 is 1.20 bits per heavy atom. The number of aromatic nitrogens is 3. The molecule has 0 spiro atoms. The van der Waals surface area contributed by atoms with Gasteiger partial charge in [0, 0.05) is 0 Å². The SMILES string of the molecule is CC(C)CC1CCCC(n2cc(C3OC(CCP(=O)(O)O)[C@@H](O)[C@H](O)[C@@H]3O)nn2)C1. The molecule has 10 nitrogen and oxygen atoms in total. The molecule has 11 heteroatoms. The number of hydrogen-bond acceptors (Lipinski definition) is 7. The summed E-state index contributed by atoms with van der Waals surface area (Å²) in [7, 11) is -4.28. The second-order valence-electron chi connectivity index (χ2n) is 9.18. The van der Waals surface area contributed by atoms with Crippen molar-refractivity contribution in [2.24, 2.45) is 11.8 Å². The maximum atomic E-state index is 11.2. The summed E-state index contributed by atoms with van der Waals surface area (Å²) in [6.07, 6.45) is 0.139. The molecule has 0 amide bonds. The van der Waals surface area contributed by atoms with E-state index in [2.05, 4.69) is 24.2 Å². The molecule has 7 atom stereocenters. The second kappa shape index (κ2) is 9.73. The lowest BCUT2D eigenvalue weighted by molar-refractivity contribution is -0.225. The molecular formula is C19H34N3O7P. The van der Waals surface area contributed by atoms with Gasteiger partial charge in [0.05, 0.1) is 24.5 Å². The van der Waals surface area contributed by atoms with Crippen LogP contribution in [-0.4, -0.2) is 70.7 Å². The summed E-state index contributed by atoms with van der Waals surface area (Å²) in [6.45, 7) is 4.45. The summed E-state index contributed by atoms with van der Waals surface area (Å²) in [5.74, 6) is 1.28. The van der Waals surface area contributed by atoms with E-state index in [9.17, 15) is 19.9 Å². The Labute approximate surface area is 176 Å². The first-order valence-electron chi connectivity index (χ1n) is 10.7. The van der Waals surface area contributed by atoms with E-state index in [1.54, 1.807) is 10.9 Å². The second-order valence-corrected chi connectivity index (χ2v) is 11.0. The van der Waals surface area contributed by atoms with Gasteiger partial charge in [0.2, 0.25) is 0 Å². The first-order chi connectivity index (χ1) is 14.0. The highest BCUT2D eigenvalue weighted by Gasteiger charge is 2.45. The van der Waals surface area contributed by atoms with Gasteiger partial charge < -0.3 is 29.8 Å². The molecule has 1 aliphatic heterocycles. The van der Waals surface area contributed by atoms with Crippen molar-refractivity contribution in [2.45, 2.75) is 88.9 Å². The van der Waals surface area contributed by atoms with Gasteiger partial charge in [-0.05, 0) is 37.5 Å². The van der Waals surface area contributed by atoms with E-state index in [1.807, 2.05) is 0 Å². The number of aliphatic hydroxyl groups excluding tert-OH is 3. The number of hydrogen-bond donors (Lipinski definition) is 5. The van der Waals surface area contributed by atoms with Crippen molar-refractivity contribution in [2.75, 3.05) is 6.16 Å². The third kappa shape index (κ3) is 5.88. The van der Waals surface area contributed by atoms with Crippen LogP contribution in [0.25, 0.3) is 0 Å². The molecule has 1 saturated carbocycles. The first kappa shape index (κ1) is 23.8. The van der Waals surface area contributed by atoms with Gasteiger partial charge in [-0.15, -0.1) is 5.10 Å². The lowest BCUT2D eigenvalue weighted by Crippen LogP contribution is -2.54. The van der Waals surface area contributed by atoms with E-state index in [1.165, 1.54) is 12.8 Å². The van der Waals surface area contributed by atoms with Crippen molar-refractivity contribution >= 4 is 7.60 Å². The maximum absolute atomic E-state index is 11.2. The molecule has 4 unspecified atom stereocenters. The zero-order chi connectivity index (χ0) is 22.1. The number of ether oxygens (including phenoxy) is 1. The van der Waals surface area contributed by atoms with Crippen LogP contribution in [0.4, 0.5) is 0 Å². The number of rotatable bonds is 7. The molecular weight excluding hydrogens is 413 g/mol. The Morgan fingerprint density at radius 2 is 1.93 bits per heavy atom. The standard InChI is InChI=1S/C19H34N3O7P/c1-11(2)8-12-4-3-5-13(9-12)22-10-14(20-21-22)19-18(25)17(24)16(23)15(29-19)6-7-30(26,27)28/h10-13,15-19,23-25H,3-9H2,1-2H3,(H2,26,27,28)/t12?,13?,15?,16-,17+,18+,19?/m1/s1. The van der Waals surface area contributed by atoms with Crippen LogP contribution in [0, 0.1) is 11.8 Å². The van der Waals surface area contributed by atoms with Crippen LogP contribution in [0.2, 0.25) is 0 Å². The van der Waals surface area contributed by atoms with Crippen LogP contribution in [0.1, 0.15) is 70.2 Å². The summed E-state index contributed by atoms with van der Waals surface area (Å²) < 4.78 is 18.7. The largest absolute Gasteiger partial charge is 0.388 e. The highest BCUT2D eigenvalue weighted by molar-refractivity contribution is 7.51. The molecule has 2 heterocycles. The molecule has 5 N–H and O–H groups in total. The van der Waals surface area contributed by atoms with Crippen molar-refractivity contribution in [3.63, 3.8) is 0 Å². The van der Waals surface area contributed by atoms with Gasteiger partial charge in [-0.1, -0.05) is 31.9 Å². The minimum absolute atomic E-state index is 0.153. The predicted molar refractivity (Wildman–Crippen MR) is 108 cm³/mol. The van der Waals surface area contributed by atoms with Crippen LogP contribution in [-0.2, 0) is 9.30 Å². The Bertz CT molecular complexity index is 739. The monoisotopic (exact) mass is 447 g/mol. The van der Waals surface area contributed by atoms with Crippen LogP contribution < -0.4 is 0 Å². The minimum Gasteiger partial charge on any atom is -0.388 e. The van der Waals surface area contributed by atoms with Crippen LogP contribution in [0.3, 0.4) is 0 Å². The first-order valence-corrected chi connectivity index (χ1v) is 12.5. The Hall–Kier alpha value is -0.870. The molecule has 2 aliphatic rings. The zero-order valence-corrected chi connectivity index (χ0v) is 18.4. The predicted octanol–water partition coefficient (Wildman–Crippen LogP) is 1.15. The topological polar surface area (TPSA) is 158 Å². The van der Waals surface area contributed by atoms with Crippen LogP contribution in [0.15, 0.2) is 6.20 Å². The number of nitrogens with zero attached hydrogens (tertiary/aromatic N) is 3. The van der Waals surface area contributed by atoms with E-state index in [0.717, 1.165) is 19.3 Å². The third-order valence-electron chi connectivity index (χ3n) is 6.17. The average Bonchev–Trinajstić information content (AvgIpc) is 3.14. The lowest BCUT2D eigenvalue weighted by Gasteiger charge is -2.40. The van der Waals surface area contributed by atoms with Gasteiger partial charge in [-0.3, -0.25) is 4.57 Å². The van der Waals surface area contributed by atoms with E-state index in [0.29, 0.717) is 17.5 Å². The molecule has 172 valence electrons. The summed E-state index contributed by atoms with van der Waals surface area (Å²) in [5, 5.41) is 39.1. The zero-order valence-electron chi connectivity index (χ0n) is 17.5. The molecule has 0 aromatic carbocycles. The number of aliphatic hydroxyl groups is 3. The Balaban J connectivity index is 1.70. The van der Waals surface area contributed by atoms with Crippen molar-refractivity contribution in [1.29, 1.82) is 0 Å². The summed E-state index contributed by atoms with van der Waals surface area (Å²) in [5.41, 5.74) is 0.334. The third-order valence-corrected chi connectivity index (χ3v) is 7.01. The van der Waals surface area contributed by atoms with Gasteiger partial charge in [0.15, 0.2) is 0 Å². The molecule has 30 heavy (non-hydrogen) atoms. The van der Waals surface area contributed by atoms with Crippen molar-refractivity contribution in [3.05, 3.63) is 11.9 Å². The smallest absolute Gasteiger partial charge is 0.325 e. The maximum Gasteiger partial charge on any atom is 0.325 e. The quantitative estimate of drug-likeness (QED) is 0.387. The molecule has 3 rings (SSSR count). The fraction of sp³-hybridized carbons (Fsp3) is 0.895. The normalized spacial score (nSPS) is 35.7. The molecule has 0 radical (unpaired) electrons.